The van der Waals surface area contributed by atoms with Crippen LogP contribution in [0.15, 0.2) is 12.1 Å². The molecule has 0 aliphatic heterocycles. The number of halogens is 1. The largest absolute Gasteiger partial charge is 0.504 e. The molecule has 0 fully saturated rings. The lowest BCUT2D eigenvalue weighted by molar-refractivity contribution is -0.136. The first kappa shape index (κ1) is 11.1. The van der Waals surface area contributed by atoms with Crippen molar-refractivity contribution < 1.29 is 19.7 Å². The molecule has 0 amide bonds. The van der Waals surface area contributed by atoms with Gasteiger partial charge in [-0.3, -0.25) is 4.79 Å². The number of methoxy groups -OCH3 is 1. The van der Waals surface area contributed by atoms with Gasteiger partial charge in [-0.2, -0.15) is 0 Å². The minimum absolute atomic E-state index is 0.0437. The Balaban J connectivity index is 3.09. The van der Waals surface area contributed by atoms with E-state index in [1.54, 1.807) is 6.07 Å². The van der Waals surface area contributed by atoms with E-state index in [4.69, 9.17) is 9.84 Å². The fraction of sp³-hybridized carbons (Fsp3) is 0.222. The molecule has 0 atom stereocenters. The summed E-state index contributed by atoms with van der Waals surface area (Å²) in [6.07, 6.45) is -0.0767. The van der Waals surface area contributed by atoms with Crippen LogP contribution >= 0.6 is 22.6 Å². The quantitative estimate of drug-likeness (QED) is 0.833. The Kier molecular flexibility index (Phi) is 3.56. The van der Waals surface area contributed by atoms with Gasteiger partial charge in [0.2, 0.25) is 0 Å². The summed E-state index contributed by atoms with van der Waals surface area (Å²) < 4.78 is 5.48. The molecule has 0 aliphatic rings. The molecular formula is C9H9IO4. The molecular weight excluding hydrogens is 299 g/mol. The Morgan fingerprint density at radius 1 is 1.57 bits per heavy atom. The molecule has 0 radical (unpaired) electrons. The van der Waals surface area contributed by atoms with E-state index in [1.807, 2.05) is 22.6 Å². The van der Waals surface area contributed by atoms with Crippen molar-refractivity contribution in [3.05, 3.63) is 21.3 Å². The number of phenols is 1. The monoisotopic (exact) mass is 308 g/mol. The molecule has 0 heterocycles. The Morgan fingerprint density at radius 2 is 2.21 bits per heavy atom. The van der Waals surface area contributed by atoms with Gasteiger partial charge in [0, 0.05) is 0 Å². The number of benzene rings is 1. The molecule has 0 bridgehead atoms. The van der Waals surface area contributed by atoms with Crippen molar-refractivity contribution in [2.45, 2.75) is 6.42 Å². The predicted octanol–water partition coefficient (Wildman–Crippen LogP) is 1.63. The zero-order valence-corrected chi connectivity index (χ0v) is 9.61. The number of carbonyl (C=O) groups is 1. The smallest absolute Gasteiger partial charge is 0.307 e. The number of aliphatic carboxylic acids is 1. The third-order valence-corrected chi connectivity index (χ3v) is 2.49. The fourth-order valence-corrected chi connectivity index (χ4v) is 1.73. The summed E-state index contributed by atoms with van der Waals surface area (Å²) in [5.41, 5.74) is 0.608. The third kappa shape index (κ3) is 2.50. The number of carboxylic acids is 1. The maximum atomic E-state index is 10.5. The van der Waals surface area contributed by atoms with Gasteiger partial charge in [-0.25, -0.2) is 0 Å². The second-order valence-corrected chi connectivity index (χ2v) is 3.86. The topological polar surface area (TPSA) is 66.8 Å². The molecule has 2 N–H and O–H groups in total. The first-order valence-corrected chi connectivity index (χ1v) is 4.89. The number of phenolic OH excluding ortho intramolecular Hbond substituents is 1. The molecule has 0 aromatic heterocycles. The van der Waals surface area contributed by atoms with Gasteiger partial charge < -0.3 is 14.9 Å². The lowest BCUT2D eigenvalue weighted by Crippen LogP contribution is -2.01. The SMILES string of the molecule is COc1cc(CC(=O)O)cc(I)c1O. The first-order valence-electron chi connectivity index (χ1n) is 3.81. The lowest BCUT2D eigenvalue weighted by Gasteiger charge is -2.07. The van der Waals surface area contributed by atoms with Gasteiger partial charge in [0.1, 0.15) is 0 Å². The van der Waals surface area contributed by atoms with E-state index in [9.17, 15) is 9.90 Å². The Hall–Kier alpha value is -0.980. The number of carboxylic acid groups (broad SMARTS) is 1. The highest BCUT2D eigenvalue weighted by Gasteiger charge is 2.10. The highest BCUT2D eigenvalue weighted by molar-refractivity contribution is 14.1. The second-order valence-electron chi connectivity index (χ2n) is 2.70. The van der Waals surface area contributed by atoms with Crippen LogP contribution in [0.1, 0.15) is 5.56 Å². The molecule has 76 valence electrons. The average molecular weight is 308 g/mol. The number of hydrogen-bond acceptors (Lipinski definition) is 3. The van der Waals surface area contributed by atoms with Crippen molar-refractivity contribution in [3.8, 4) is 11.5 Å². The standard InChI is InChI=1S/C9H9IO4/c1-14-7-3-5(4-8(11)12)2-6(10)9(7)13/h2-3,13H,4H2,1H3,(H,11,12). The van der Waals surface area contributed by atoms with Gasteiger partial charge >= 0.3 is 5.97 Å². The molecule has 0 unspecified atom stereocenters. The summed E-state index contributed by atoms with van der Waals surface area (Å²) in [5, 5.41) is 18.1. The van der Waals surface area contributed by atoms with Crippen molar-refractivity contribution in [3.63, 3.8) is 0 Å². The van der Waals surface area contributed by atoms with E-state index in [0.29, 0.717) is 14.9 Å². The molecule has 0 saturated heterocycles. The Morgan fingerprint density at radius 3 is 2.71 bits per heavy atom. The van der Waals surface area contributed by atoms with E-state index in [2.05, 4.69) is 0 Å². The van der Waals surface area contributed by atoms with Gasteiger partial charge in [-0.15, -0.1) is 0 Å². The van der Waals surface area contributed by atoms with Crippen LogP contribution in [-0.2, 0) is 11.2 Å². The maximum Gasteiger partial charge on any atom is 0.307 e. The van der Waals surface area contributed by atoms with E-state index >= 15 is 0 Å². The molecule has 0 aliphatic carbocycles. The summed E-state index contributed by atoms with van der Waals surface area (Å²) in [7, 11) is 1.43. The van der Waals surface area contributed by atoms with Gasteiger partial charge in [0.15, 0.2) is 11.5 Å². The Labute approximate surface area is 94.7 Å². The van der Waals surface area contributed by atoms with Crippen molar-refractivity contribution in [2.75, 3.05) is 7.11 Å². The zero-order valence-electron chi connectivity index (χ0n) is 7.45. The molecule has 1 rings (SSSR count). The summed E-state index contributed by atoms with van der Waals surface area (Å²) in [5.74, 6) is -0.566. The van der Waals surface area contributed by atoms with Gasteiger partial charge in [0.05, 0.1) is 17.1 Å². The molecule has 0 spiro atoms. The van der Waals surface area contributed by atoms with Gasteiger partial charge in [-0.05, 0) is 40.3 Å². The van der Waals surface area contributed by atoms with Crippen molar-refractivity contribution >= 4 is 28.6 Å². The van der Waals surface area contributed by atoms with Crippen LogP contribution in [0, 0.1) is 3.57 Å². The van der Waals surface area contributed by atoms with Crippen LogP contribution in [-0.4, -0.2) is 23.3 Å². The average Bonchev–Trinajstić information content (AvgIpc) is 2.10. The van der Waals surface area contributed by atoms with Crippen molar-refractivity contribution in [1.29, 1.82) is 0 Å². The van der Waals surface area contributed by atoms with Crippen LogP contribution < -0.4 is 4.74 Å². The van der Waals surface area contributed by atoms with Crippen LogP contribution in [0.2, 0.25) is 0 Å². The molecule has 4 nitrogen and oxygen atoms in total. The predicted molar refractivity (Wildman–Crippen MR) is 58.7 cm³/mol. The number of ether oxygens (including phenoxy) is 1. The van der Waals surface area contributed by atoms with Gasteiger partial charge in [0.25, 0.3) is 0 Å². The number of aromatic hydroxyl groups is 1. The fourth-order valence-electron chi connectivity index (χ4n) is 1.06. The van der Waals surface area contributed by atoms with E-state index in [1.165, 1.54) is 13.2 Å². The van der Waals surface area contributed by atoms with E-state index < -0.39 is 5.97 Å². The molecule has 1 aromatic rings. The van der Waals surface area contributed by atoms with E-state index in [0.717, 1.165) is 0 Å². The summed E-state index contributed by atoms with van der Waals surface area (Å²) >= 11 is 1.92. The van der Waals surface area contributed by atoms with Gasteiger partial charge in [-0.1, -0.05) is 0 Å². The minimum atomic E-state index is -0.909. The maximum absolute atomic E-state index is 10.5. The molecule has 0 saturated carbocycles. The molecule has 1 aromatic carbocycles. The van der Waals surface area contributed by atoms with Crippen LogP contribution in [0.4, 0.5) is 0 Å². The first-order chi connectivity index (χ1) is 6.54. The third-order valence-electron chi connectivity index (χ3n) is 1.66. The lowest BCUT2D eigenvalue weighted by atomic mass is 10.1. The Bertz CT molecular complexity index is 362. The van der Waals surface area contributed by atoms with Crippen molar-refractivity contribution in [1.82, 2.24) is 0 Å². The summed E-state index contributed by atoms with van der Waals surface area (Å²) in [4.78, 5) is 10.5. The second kappa shape index (κ2) is 4.50. The van der Waals surface area contributed by atoms with Crippen LogP contribution in [0.25, 0.3) is 0 Å². The highest BCUT2D eigenvalue weighted by atomic mass is 127. The van der Waals surface area contributed by atoms with Crippen molar-refractivity contribution in [2.24, 2.45) is 0 Å². The van der Waals surface area contributed by atoms with Crippen LogP contribution in [0.5, 0.6) is 11.5 Å². The number of rotatable bonds is 3. The zero-order chi connectivity index (χ0) is 10.7. The van der Waals surface area contributed by atoms with Crippen LogP contribution in [0.3, 0.4) is 0 Å². The number of hydrogen-bond donors (Lipinski definition) is 2. The molecule has 14 heavy (non-hydrogen) atoms. The molecule has 5 heteroatoms. The minimum Gasteiger partial charge on any atom is -0.504 e. The normalized spacial score (nSPS) is 9.86. The van der Waals surface area contributed by atoms with E-state index in [-0.39, 0.29) is 12.2 Å². The summed E-state index contributed by atoms with van der Waals surface area (Å²) in [6.45, 7) is 0. The highest BCUT2D eigenvalue weighted by Crippen LogP contribution is 2.32. The summed E-state index contributed by atoms with van der Waals surface area (Å²) in [6, 6.07) is 3.14.